The first kappa shape index (κ1) is 15.5. The first-order valence-electron chi connectivity index (χ1n) is 7.08. The van der Waals surface area contributed by atoms with Crippen molar-refractivity contribution in [1.82, 2.24) is 0 Å². The minimum Gasteiger partial charge on any atom is -0.481 e. The fraction of sp³-hybridized carbons (Fsp3) is 0.933. The third-order valence-corrected chi connectivity index (χ3v) is 4.45. The predicted molar refractivity (Wildman–Crippen MR) is 72.5 cm³/mol. The lowest BCUT2D eigenvalue weighted by Gasteiger charge is -2.40. The smallest absolute Gasteiger partial charge is 0.306 e. The summed E-state index contributed by atoms with van der Waals surface area (Å²) in [6.45, 7) is 7.55. The van der Waals surface area contributed by atoms with Gasteiger partial charge in [0.25, 0.3) is 0 Å². The Morgan fingerprint density at radius 1 is 1.33 bits per heavy atom. The molecule has 0 aromatic carbocycles. The number of aliphatic carboxylic acids is 1. The van der Waals surface area contributed by atoms with Gasteiger partial charge in [0.15, 0.2) is 0 Å². The molecule has 0 aromatic heterocycles. The summed E-state index contributed by atoms with van der Waals surface area (Å²) >= 11 is 0. The van der Waals surface area contributed by atoms with Crippen molar-refractivity contribution in [2.45, 2.75) is 52.9 Å². The van der Waals surface area contributed by atoms with E-state index in [4.69, 9.17) is 4.74 Å². The minimum atomic E-state index is -0.607. The number of hydrogen-bond donors (Lipinski definition) is 1. The Kier molecular flexibility index (Phi) is 5.64. The van der Waals surface area contributed by atoms with Crippen molar-refractivity contribution in [3.8, 4) is 0 Å². The Morgan fingerprint density at radius 3 is 2.50 bits per heavy atom. The average Bonchev–Trinajstić information content (AvgIpc) is 2.27. The molecule has 0 aliphatic heterocycles. The van der Waals surface area contributed by atoms with Gasteiger partial charge in [0.1, 0.15) is 0 Å². The summed E-state index contributed by atoms with van der Waals surface area (Å²) in [6.07, 6.45) is 4.92. The number of hydrogen-bond acceptors (Lipinski definition) is 2. The molecule has 0 amide bonds. The highest BCUT2D eigenvalue weighted by Gasteiger charge is 2.38. The normalized spacial score (nSPS) is 29.2. The molecule has 1 fully saturated rings. The first-order valence-corrected chi connectivity index (χ1v) is 7.08. The van der Waals surface area contributed by atoms with Gasteiger partial charge in [-0.1, -0.05) is 20.8 Å². The fourth-order valence-corrected chi connectivity index (χ4v) is 3.18. The number of rotatable bonds is 5. The quantitative estimate of drug-likeness (QED) is 0.765. The first-order chi connectivity index (χ1) is 8.36. The Bertz CT molecular complexity index is 267. The van der Waals surface area contributed by atoms with E-state index in [0.29, 0.717) is 17.3 Å². The number of carboxylic acids is 1. The highest BCUT2D eigenvalue weighted by atomic mass is 16.5. The van der Waals surface area contributed by atoms with Gasteiger partial charge in [0.05, 0.1) is 5.92 Å². The standard InChI is InChI=1S/C15H28O3/c1-15(2,3)12-7-8-13(14(16)17)11(10-12)6-5-9-18-4/h11-13H,5-10H2,1-4H3,(H,16,17). The van der Waals surface area contributed by atoms with Gasteiger partial charge in [0.2, 0.25) is 0 Å². The van der Waals surface area contributed by atoms with Crippen LogP contribution in [0.3, 0.4) is 0 Å². The van der Waals surface area contributed by atoms with Crippen LogP contribution in [-0.4, -0.2) is 24.8 Å². The summed E-state index contributed by atoms with van der Waals surface area (Å²) in [4.78, 5) is 11.3. The van der Waals surface area contributed by atoms with Crippen LogP contribution in [0.5, 0.6) is 0 Å². The molecule has 1 N–H and O–H groups in total. The molecule has 0 spiro atoms. The van der Waals surface area contributed by atoms with Crippen LogP contribution in [0.15, 0.2) is 0 Å². The van der Waals surface area contributed by atoms with Crippen LogP contribution < -0.4 is 0 Å². The van der Waals surface area contributed by atoms with E-state index in [0.717, 1.165) is 38.7 Å². The van der Waals surface area contributed by atoms with Gasteiger partial charge in [-0.2, -0.15) is 0 Å². The summed E-state index contributed by atoms with van der Waals surface area (Å²) in [5, 5.41) is 9.32. The molecule has 3 heteroatoms. The zero-order valence-electron chi connectivity index (χ0n) is 12.2. The molecule has 1 aliphatic rings. The van der Waals surface area contributed by atoms with Gasteiger partial charge < -0.3 is 9.84 Å². The lowest BCUT2D eigenvalue weighted by Crippen LogP contribution is -2.35. The maximum Gasteiger partial charge on any atom is 0.306 e. The number of carbonyl (C=O) groups is 1. The van der Waals surface area contributed by atoms with Gasteiger partial charge in [-0.3, -0.25) is 4.79 Å². The van der Waals surface area contributed by atoms with Crippen LogP contribution in [0, 0.1) is 23.2 Å². The average molecular weight is 256 g/mol. The van der Waals surface area contributed by atoms with Crippen molar-refractivity contribution in [1.29, 1.82) is 0 Å². The molecule has 0 bridgehead atoms. The summed E-state index contributed by atoms with van der Waals surface area (Å²) in [7, 11) is 1.70. The number of ether oxygens (including phenoxy) is 1. The molecule has 1 saturated carbocycles. The maximum absolute atomic E-state index is 11.3. The Balaban J connectivity index is 2.61. The third kappa shape index (κ3) is 4.27. The Morgan fingerprint density at radius 2 is 2.00 bits per heavy atom. The molecule has 0 saturated heterocycles. The molecule has 0 aromatic rings. The second kappa shape index (κ2) is 6.55. The van der Waals surface area contributed by atoms with Crippen molar-refractivity contribution in [2.24, 2.45) is 23.2 Å². The SMILES string of the molecule is COCCCC1CC(C(C)(C)C)CCC1C(=O)O. The lowest BCUT2D eigenvalue weighted by atomic mass is 9.64. The maximum atomic E-state index is 11.3. The van der Waals surface area contributed by atoms with E-state index in [9.17, 15) is 9.90 Å². The molecule has 3 nitrogen and oxygen atoms in total. The van der Waals surface area contributed by atoms with Crippen molar-refractivity contribution < 1.29 is 14.6 Å². The molecule has 1 rings (SSSR count). The van der Waals surface area contributed by atoms with Crippen LogP contribution in [0.2, 0.25) is 0 Å². The number of methoxy groups -OCH3 is 1. The molecule has 0 heterocycles. The Labute approximate surface area is 111 Å². The van der Waals surface area contributed by atoms with E-state index in [1.807, 2.05) is 0 Å². The van der Waals surface area contributed by atoms with E-state index < -0.39 is 5.97 Å². The third-order valence-electron chi connectivity index (χ3n) is 4.45. The van der Waals surface area contributed by atoms with E-state index in [2.05, 4.69) is 20.8 Å². The van der Waals surface area contributed by atoms with E-state index >= 15 is 0 Å². The molecule has 106 valence electrons. The van der Waals surface area contributed by atoms with Gasteiger partial charge >= 0.3 is 5.97 Å². The molecular weight excluding hydrogens is 228 g/mol. The molecule has 18 heavy (non-hydrogen) atoms. The zero-order valence-corrected chi connectivity index (χ0v) is 12.2. The van der Waals surface area contributed by atoms with Crippen molar-refractivity contribution in [2.75, 3.05) is 13.7 Å². The van der Waals surface area contributed by atoms with Crippen LogP contribution in [0.25, 0.3) is 0 Å². The zero-order chi connectivity index (χ0) is 13.8. The van der Waals surface area contributed by atoms with Crippen molar-refractivity contribution in [3.05, 3.63) is 0 Å². The van der Waals surface area contributed by atoms with Crippen molar-refractivity contribution in [3.63, 3.8) is 0 Å². The Hall–Kier alpha value is -0.570. The van der Waals surface area contributed by atoms with Crippen LogP contribution >= 0.6 is 0 Å². The fourth-order valence-electron chi connectivity index (χ4n) is 3.18. The van der Waals surface area contributed by atoms with E-state index in [1.165, 1.54) is 0 Å². The highest BCUT2D eigenvalue weighted by Crippen LogP contribution is 2.44. The largest absolute Gasteiger partial charge is 0.481 e. The van der Waals surface area contributed by atoms with Crippen molar-refractivity contribution >= 4 is 5.97 Å². The van der Waals surface area contributed by atoms with Gasteiger partial charge in [-0.15, -0.1) is 0 Å². The van der Waals surface area contributed by atoms with Crippen LogP contribution in [0.4, 0.5) is 0 Å². The molecule has 1 aliphatic carbocycles. The molecule has 3 atom stereocenters. The van der Waals surface area contributed by atoms with Gasteiger partial charge in [0, 0.05) is 13.7 Å². The highest BCUT2D eigenvalue weighted by molar-refractivity contribution is 5.70. The summed E-state index contributed by atoms with van der Waals surface area (Å²) in [6, 6.07) is 0. The summed E-state index contributed by atoms with van der Waals surface area (Å²) in [5.41, 5.74) is 0.295. The van der Waals surface area contributed by atoms with Crippen LogP contribution in [-0.2, 0) is 9.53 Å². The van der Waals surface area contributed by atoms with Gasteiger partial charge in [-0.05, 0) is 49.4 Å². The molecular formula is C15H28O3. The predicted octanol–water partition coefficient (Wildman–Crippen LogP) is 3.58. The van der Waals surface area contributed by atoms with Crippen LogP contribution in [0.1, 0.15) is 52.9 Å². The summed E-state index contributed by atoms with van der Waals surface area (Å²) < 4.78 is 5.08. The van der Waals surface area contributed by atoms with E-state index in [1.54, 1.807) is 7.11 Å². The minimum absolute atomic E-state index is 0.138. The van der Waals surface area contributed by atoms with E-state index in [-0.39, 0.29) is 5.92 Å². The monoisotopic (exact) mass is 256 g/mol. The molecule has 3 unspecified atom stereocenters. The number of carboxylic acid groups (broad SMARTS) is 1. The van der Waals surface area contributed by atoms with Gasteiger partial charge in [-0.25, -0.2) is 0 Å². The topological polar surface area (TPSA) is 46.5 Å². The molecule has 0 radical (unpaired) electrons. The second-order valence-corrected chi connectivity index (χ2v) is 6.72. The summed E-state index contributed by atoms with van der Waals surface area (Å²) in [5.74, 6) is 0.238. The second-order valence-electron chi connectivity index (χ2n) is 6.72. The lowest BCUT2D eigenvalue weighted by molar-refractivity contribution is -0.146.